The highest BCUT2D eigenvalue weighted by Crippen LogP contribution is 2.30. The number of piperidine rings is 1. The minimum absolute atomic E-state index is 0. The van der Waals surface area contributed by atoms with Crippen molar-refractivity contribution in [1.82, 2.24) is 15.1 Å². The Kier molecular flexibility index (Phi) is 6.66. The summed E-state index contributed by atoms with van der Waals surface area (Å²) in [7, 11) is 0. The van der Waals surface area contributed by atoms with Gasteiger partial charge in [-0.25, -0.2) is 4.68 Å². The Hall–Kier alpha value is -2.06. The van der Waals surface area contributed by atoms with Crippen LogP contribution in [0.4, 0.5) is 18.9 Å². The zero-order chi connectivity index (χ0) is 17.9. The molecule has 1 aliphatic rings. The number of carbonyl (C=O) groups excluding carboxylic acids is 1. The maximum atomic E-state index is 12.9. The van der Waals surface area contributed by atoms with E-state index in [0.29, 0.717) is 18.0 Å². The number of rotatable bonds is 4. The number of benzene rings is 1. The lowest BCUT2D eigenvalue weighted by molar-refractivity contribution is -0.142. The van der Waals surface area contributed by atoms with E-state index in [0.717, 1.165) is 42.9 Å². The topological polar surface area (TPSA) is 59.0 Å². The van der Waals surface area contributed by atoms with Crippen molar-refractivity contribution in [3.8, 4) is 5.69 Å². The summed E-state index contributed by atoms with van der Waals surface area (Å²) < 4.78 is 39.6. The fourth-order valence-electron chi connectivity index (χ4n) is 2.97. The monoisotopic (exact) mass is 388 g/mol. The number of halogens is 4. The van der Waals surface area contributed by atoms with Gasteiger partial charge in [-0.1, -0.05) is 0 Å². The van der Waals surface area contributed by atoms with Crippen LogP contribution in [-0.4, -0.2) is 28.8 Å². The van der Waals surface area contributed by atoms with Gasteiger partial charge in [-0.05, 0) is 62.2 Å². The van der Waals surface area contributed by atoms with Gasteiger partial charge in [0.1, 0.15) is 5.69 Å². The molecule has 0 saturated carbocycles. The normalized spacial score (nSPS) is 15.3. The molecule has 1 amide bonds. The average molecular weight is 389 g/mol. The van der Waals surface area contributed by atoms with Crippen molar-refractivity contribution in [3.05, 3.63) is 42.2 Å². The van der Waals surface area contributed by atoms with Crippen LogP contribution in [0.25, 0.3) is 5.69 Å². The Morgan fingerprint density at radius 3 is 2.46 bits per heavy atom. The molecule has 1 aromatic carbocycles. The van der Waals surface area contributed by atoms with E-state index in [1.165, 1.54) is 12.1 Å². The zero-order valence-electron chi connectivity index (χ0n) is 13.9. The standard InChI is InChI=1S/C17H19F3N4O.ClH/c18-17(19,20)15-7-10-22-24(15)14-3-1-13(2-4-14)23-16(25)11-12-5-8-21-9-6-12;/h1-4,7,10,12,21H,5-6,8-9,11H2,(H,23,25);1H. The quantitative estimate of drug-likeness (QED) is 0.840. The first kappa shape index (κ1) is 20.3. The molecule has 1 aliphatic heterocycles. The smallest absolute Gasteiger partial charge is 0.326 e. The van der Waals surface area contributed by atoms with Gasteiger partial charge in [0.05, 0.1) is 11.9 Å². The van der Waals surface area contributed by atoms with E-state index in [-0.39, 0.29) is 24.0 Å². The Labute approximate surface area is 155 Å². The van der Waals surface area contributed by atoms with Crippen molar-refractivity contribution in [2.75, 3.05) is 18.4 Å². The highest BCUT2D eigenvalue weighted by atomic mass is 35.5. The van der Waals surface area contributed by atoms with Crippen LogP contribution in [0.1, 0.15) is 25.0 Å². The van der Waals surface area contributed by atoms with E-state index < -0.39 is 11.9 Å². The van der Waals surface area contributed by atoms with Crippen LogP contribution in [0.15, 0.2) is 36.5 Å². The summed E-state index contributed by atoms with van der Waals surface area (Å²) in [5.41, 5.74) is 0.00673. The molecule has 0 radical (unpaired) electrons. The van der Waals surface area contributed by atoms with E-state index in [1.54, 1.807) is 12.1 Å². The van der Waals surface area contributed by atoms with Gasteiger partial charge in [-0.15, -0.1) is 12.4 Å². The molecule has 0 atom stereocenters. The van der Waals surface area contributed by atoms with E-state index in [4.69, 9.17) is 0 Å². The lowest BCUT2D eigenvalue weighted by atomic mass is 9.94. The summed E-state index contributed by atoms with van der Waals surface area (Å²) >= 11 is 0. The summed E-state index contributed by atoms with van der Waals surface area (Å²) in [6.07, 6.45) is -0.950. The molecule has 1 fully saturated rings. The number of carbonyl (C=O) groups is 1. The van der Waals surface area contributed by atoms with Gasteiger partial charge in [0.25, 0.3) is 0 Å². The zero-order valence-corrected chi connectivity index (χ0v) is 14.7. The van der Waals surface area contributed by atoms with Crippen LogP contribution in [-0.2, 0) is 11.0 Å². The third-order valence-corrected chi connectivity index (χ3v) is 4.26. The van der Waals surface area contributed by atoms with Gasteiger partial charge in [-0.2, -0.15) is 18.3 Å². The molecule has 1 saturated heterocycles. The van der Waals surface area contributed by atoms with Gasteiger partial charge in [-0.3, -0.25) is 4.79 Å². The molecule has 3 rings (SSSR count). The lowest BCUT2D eigenvalue weighted by Gasteiger charge is -2.21. The van der Waals surface area contributed by atoms with E-state index in [2.05, 4.69) is 15.7 Å². The maximum Gasteiger partial charge on any atom is 0.433 e. The molecule has 1 aromatic heterocycles. The molecule has 0 spiro atoms. The summed E-state index contributed by atoms with van der Waals surface area (Å²) in [6.45, 7) is 1.86. The maximum absolute atomic E-state index is 12.9. The van der Waals surface area contributed by atoms with Crippen LogP contribution < -0.4 is 10.6 Å². The number of amides is 1. The summed E-state index contributed by atoms with van der Waals surface area (Å²) in [5.74, 6) is 0.300. The van der Waals surface area contributed by atoms with Crippen molar-refractivity contribution in [3.63, 3.8) is 0 Å². The van der Waals surface area contributed by atoms with Crippen LogP contribution in [0.2, 0.25) is 0 Å². The first-order valence-electron chi connectivity index (χ1n) is 8.16. The van der Waals surface area contributed by atoms with Gasteiger partial charge in [0.15, 0.2) is 0 Å². The SMILES string of the molecule is Cl.O=C(CC1CCNCC1)Nc1ccc(-n2nccc2C(F)(F)F)cc1. The van der Waals surface area contributed by atoms with E-state index in [9.17, 15) is 18.0 Å². The van der Waals surface area contributed by atoms with Gasteiger partial charge >= 0.3 is 6.18 Å². The molecule has 0 aliphatic carbocycles. The number of hydrogen-bond donors (Lipinski definition) is 2. The van der Waals surface area contributed by atoms with E-state index >= 15 is 0 Å². The number of nitrogens with one attached hydrogen (secondary N) is 2. The molecule has 142 valence electrons. The van der Waals surface area contributed by atoms with Crippen molar-refractivity contribution >= 4 is 24.0 Å². The van der Waals surface area contributed by atoms with Crippen molar-refractivity contribution in [2.24, 2.45) is 5.92 Å². The molecule has 2 aromatic rings. The highest BCUT2D eigenvalue weighted by molar-refractivity contribution is 5.90. The number of nitrogens with zero attached hydrogens (tertiary/aromatic N) is 2. The van der Waals surface area contributed by atoms with E-state index in [1.807, 2.05) is 0 Å². The van der Waals surface area contributed by atoms with Crippen LogP contribution in [0.3, 0.4) is 0 Å². The largest absolute Gasteiger partial charge is 0.433 e. The van der Waals surface area contributed by atoms with Gasteiger partial charge in [0, 0.05) is 12.1 Å². The Bertz CT molecular complexity index is 724. The molecule has 0 bridgehead atoms. The van der Waals surface area contributed by atoms with Gasteiger partial charge < -0.3 is 10.6 Å². The molecule has 5 nitrogen and oxygen atoms in total. The molecule has 9 heteroatoms. The Morgan fingerprint density at radius 2 is 1.85 bits per heavy atom. The fraction of sp³-hybridized carbons (Fsp3) is 0.412. The predicted molar refractivity (Wildman–Crippen MR) is 94.7 cm³/mol. The first-order chi connectivity index (χ1) is 11.9. The number of aromatic nitrogens is 2. The summed E-state index contributed by atoms with van der Waals surface area (Å²) in [5, 5.41) is 9.77. The second kappa shape index (κ2) is 8.55. The Balaban J connectivity index is 0.00000243. The van der Waals surface area contributed by atoms with Crippen LogP contribution >= 0.6 is 12.4 Å². The molecule has 2 heterocycles. The second-order valence-corrected chi connectivity index (χ2v) is 6.12. The average Bonchev–Trinajstić information content (AvgIpc) is 3.06. The summed E-state index contributed by atoms with van der Waals surface area (Å²) in [6, 6.07) is 7.09. The highest BCUT2D eigenvalue weighted by Gasteiger charge is 2.35. The van der Waals surface area contributed by atoms with Crippen LogP contribution in [0, 0.1) is 5.92 Å². The fourth-order valence-corrected chi connectivity index (χ4v) is 2.97. The predicted octanol–water partition coefficient (Wildman–Crippen LogP) is 3.64. The molecule has 26 heavy (non-hydrogen) atoms. The molecule has 2 N–H and O–H groups in total. The third-order valence-electron chi connectivity index (χ3n) is 4.26. The molecular formula is C17H20ClF3N4O. The first-order valence-corrected chi connectivity index (χ1v) is 8.16. The minimum Gasteiger partial charge on any atom is -0.326 e. The second-order valence-electron chi connectivity index (χ2n) is 6.12. The lowest BCUT2D eigenvalue weighted by Crippen LogP contribution is -2.30. The minimum atomic E-state index is -4.47. The number of anilines is 1. The Morgan fingerprint density at radius 1 is 1.19 bits per heavy atom. The molecule has 0 unspecified atom stereocenters. The summed E-state index contributed by atoms with van der Waals surface area (Å²) in [4.78, 5) is 12.1. The van der Waals surface area contributed by atoms with Gasteiger partial charge in [0.2, 0.25) is 5.91 Å². The molecular weight excluding hydrogens is 369 g/mol. The van der Waals surface area contributed by atoms with Crippen molar-refractivity contribution in [1.29, 1.82) is 0 Å². The van der Waals surface area contributed by atoms with Crippen molar-refractivity contribution < 1.29 is 18.0 Å². The number of alkyl halides is 3. The van der Waals surface area contributed by atoms with Crippen LogP contribution in [0.5, 0.6) is 0 Å². The van der Waals surface area contributed by atoms with Crippen molar-refractivity contribution in [2.45, 2.75) is 25.4 Å². The third kappa shape index (κ3) is 4.98. The number of hydrogen-bond acceptors (Lipinski definition) is 3.